The number of hydrogen-bond donors (Lipinski definition) is 1. The van der Waals surface area contributed by atoms with E-state index < -0.39 is 0 Å². The molecule has 0 aromatic heterocycles. The highest BCUT2D eigenvalue weighted by Gasteiger charge is 2.33. The Morgan fingerprint density at radius 1 is 0.880 bits per heavy atom. The van der Waals surface area contributed by atoms with Gasteiger partial charge in [0.25, 0.3) is 0 Å². The van der Waals surface area contributed by atoms with Crippen LogP contribution < -0.4 is 5.32 Å². The molecule has 3 rings (SSSR count). The average molecular weight is 335 g/mol. The first-order valence-electron chi connectivity index (χ1n) is 9.57. The molecular formula is C23H29NO. The molecule has 0 saturated heterocycles. The Morgan fingerprint density at radius 3 is 1.92 bits per heavy atom. The molecule has 0 aliphatic heterocycles. The standard InChI is InChI=1S/C23H29NO/c1-17(2)22(20-15-7-4-8-16-20)24-23(25)21(19-13-9-10-14-19)18-11-5-3-6-12-18/h3-8,11-12,15-17,19,21-22H,9-10,13-14H2,1-2H3,(H,24,25)/t21-,22+/m0/s1. The van der Waals surface area contributed by atoms with E-state index in [1.165, 1.54) is 18.4 Å². The minimum atomic E-state index is -0.0336. The van der Waals surface area contributed by atoms with E-state index in [9.17, 15) is 4.79 Å². The van der Waals surface area contributed by atoms with Crippen LogP contribution in [0.5, 0.6) is 0 Å². The summed E-state index contributed by atoms with van der Waals surface area (Å²) in [6.07, 6.45) is 4.80. The fourth-order valence-corrected chi connectivity index (χ4v) is 4.13. The average Bonchev–Trinajstić information content (AvgIpc) is 3.15. The number of amides is 1. The molecule has 1 amide bonds. The van der Waals surface area contributed by atoms with Crippen molar-refractivity contribution in [2.45, 2.75) is 51.5 Å². The Bertz CT molecular complexity index is 659. The van der Waals surface area contributed by atoms with E-state index in [0.717, 1.165) is 18.4 Å². The van der Waals surface area contributed by atoms with E-state index in [1.807, 2.05) is 36.4 Å². The van der Waals surface area contributed by atoms with Gasteiger partial charge in [-0.2, -0.15) is 0 Å². The highest BCUT2D eigenvalue weighted by atomic mass is 16.2. The number of hydrogen-bond acceptors (Lipinski definition) is 1. The second-order valence-corrected chi connectivity index (χ2v) is 7.57. The van der Waals surface area contributed by atoms with Crippen LogP contribution >= 0.6 is 0 Å². The molecule has 132 valence electrons. The molecule has 0 unspecified atom stereocenters. The number of rotatable bonds is 6. The lowest BCUT2D eigenvalue weighted by Crippen LogP contribution is -2.37. The summed E-state index contributed by atoms with van der Waals surface area (Å²) in [6, 6.07) is 20.7. The van der Waals surface area contributed by atoms with Gasteiger partial charge in [-0.3, -0.25) is 4.79 Å². The molecule has 1 saturated carbocycles. The van der Waals surface area contributed by atoms with Crippen LogP contribution in [0.3, 0.4) is 0 Å². The molecule has 1 N–H and O–H groups in total. The van der Waals surface area contributed by atoms with Gasteiger partial charge >= 0.3 is 0 Å². The van der Waals surface area contributed by atoms with Crippen molar-refractivity contribution >= 4 is 5.91 Å². The largest absolute Gasteiger partial charge is 0.349 e. The van der Waals surface area contributed by atoms with Gasteiger partial charge in [0.1, 0.15) is 0 Å². The summed E-state index contributed by atoms with van der Waals surface area (Å²) in [5.41, 5.74) is 2.34. The van der Waals surface area contributed by atoms with Crippen LogP contribution in [-0.2, 0) is 4.79 Å². The number of nitrogens with one attached hydrogen (secondary N) is 1. The van der Waals surface area contributed by atoms with Crippen LogP contribution in [0.25, 0.3) is 0 Å². The maximum absolute atomic E-state index is 13.3. The summed E-state index contributed by atoms with van der Waals surface area (Å²) in [5.74, 6) is 0.964. The molecule has 1 aliphatic carbocycles. The molecule has 2 heteroatoms. The second kappa shape index (κ2) is 8.33. The van der Waals surface area contributed by atoms with Gasteiger partial charge in [0.15, 0.2) is 0 Å². The van der Waals surface area contributed by atoms with Crippen LogP contribution in [0.1, 0.15) is 62.6 Å². The Kier molecular flexibility index (Phi) is 5.91. The number of carbonyl (C=O) groups is 1. The molecule has 0 bridgehead atoms. The lowest BCUT2D eigenvalue weighted by atomic mass is 9.83. The summed E-state index contributed by atoms with van der Waals surface area (Å²) < 4.78 is 0. The molecule has 1 aliphatic rings. The van der Waals surface area contributed by atoms with Gasteiger partial charge in [-0.1, -0.05) is 87.4 Å². The van der Waals surface area contributed by atoms with Gasteiger partial charge in [0.05, 0.1) is 12.0 Å². The highest BCUT2D eigenvalue weighted by molar-refractivity contribution is 5.84. The van der Waals surface area contributed by atoms with Crippen molar-refractivity contribution < 1.29 is 4.79 Å². The third kappa shape index (κ3) is 4.31. The number of carbonyl (C=O) groups excluding carboxylic acids is 1. The summed E-state index contributed by atoms with van der Waals surface area (Å²) in [7, 11) is 0. The van der Waals surface area contributed by atoms with Crippen molar-refractivity contribution in [2.75, 3.05) is 0 Å². The lowest BCUT2D eigenvalue weighted by Gasteiger charge is -2.28. The van der Waals surface area contributed by atoms with Crippen LogP contribution in [0.2, 0.25) is 0 Å². The zero-order chi connectivity index (χ0) is 17.6. The monoisotopic (exact) mass is 335 g/mol. The van der Waals surface area contributed by atoms with E-state index in [0.29, 0.717) is 11.8 Å². The Balaban J connectivity index is 1.84. The molecule has 25 heavy (non-hydrogen) atoms. The molecule has 2 atom stereocenters. The molecular weight excluding hydrogens is 306 g/mol. The van der Waals surface area contributed by atoms with Crippen LogP contribution in [0.15, 0.2) is 60.7 Å². The highest BCUT2D eigenvalue weighted by Crippen LogP contribution is 2.38. The SMILES string of the molecule is CC(C)[C@@H](NC(=O)[C@@H](c1ccccc1)C1CCCC1)c1ccccc1. The Morgan fingerprint density at radius 2 is 1.40 bits per heavy atom. The minimum Gasteiger partial charge on any atom is -0.349 e. The molecule has 2 aromatic carbocycles. The smallest absolute Gasteiger partial charge is 0.228 e. The van der Waals surface area contributed by atoms with Crippen LogP contribution in [0.4, 0.5) is 0 Å². The predicted molar refractivity (Wildman–Crippen MR) is 103 cm³/mol. The fourth-order valence-electron chi connectivity index (χ4n) is 4.13. The van der Waals surface area contributed by atoms with Crippen molar-refractivity contribution in [2.24, 2.45) is 11.8 Å². The topological polar surface area (TPSA) is 29.1 Å². The second-order valence-electron chi connectivity index (χ2n) is 7.57. The van der Waals surface area contributed by atoms with Gasteiger partial charge in [-0.15, -0.1) is 0 Å². The third-order valence-electron chi connectivity index (χ3n) is 5.44. The van der Waals surface area contributed by atoms with Gasteiger partial charge in [0, 0.05) is 0 Å². The van der Waals surface area contributed by atoms with E-state index in [2.05, 4.69) is 43.4 Å². The van der Waals surface area contributed by atoms with Crippen molar-refractivity contribution in [1.82, 2.24) is 5.32 Å². The quantitative estimate of drug-likeness (QED) is 0.744. The van der Waals surface area contributed by atoms with E-state index in [4.69, 9.17) is 0 Å². The molecule has 2 aromatic rings. The van der Waals surface area contributed by atoms with Gasteiger partial charge in [-0.05, 0) is 35.8 Å². The van der Waals surface area contributed by atoms with E-state index in [-0.39, 0.29) is 17.9 Å². The molecule has 0 radical (unpaired) electrons. The van der Waals surface area contributed by atoms with Crippen LogP contribution in [-0.4, -0.2) is 5.91 Å². The molecule has 0 spiro atoms. The van der Waals surface area contributed by atoms with Crippen LogP contribution in [0, 0.1) is 11.8 Å². The number of benzene rings is 2. The zero-order valence-corrected chi connectivity index (χ0v) is 15.3. The van der Waals surface area contributed by atoms with Crippen molar-refractivity contribution in [3.63, 3.8) is 0 Å². The Labute approximate surface area is 151 Å². The van der Waals surface area contributed by atoms with Crippen molar-refractivity contribution in [3.05, 3.63) is 71.8 Å². The maximum Gasteiger partial charge on any atom is 0.228 e. The maximum atomic E-state index is 13.3. The predicted octanol–water partition coefficient (Wildman–Crippen LogP) is 5.47. The van der Waals surface area contributed by atoms with Gasteiger partial charge in [-0.25, -0.2) is 0 Å². The van der Waals surface area contributed by atoms with Gasteiger partial charge in [0.2, 0.25) is 5.91 Å². The summed E-state index contributed by atoms with van der Waals surface area (Å²) in [5, 5.41) is 3.37. The normalized spacial score (nSPS) is 17.4. The minimum absolute atomic E-state index is 0.0336. The summed E-state index contributed by atoms with van der Waals surface area (Å²) >= 11 is 0. The fraction of sp³-hybridized carbons (Fsp3) is 0.435. The Hall–Kier alpha value is -2.09. The van der Waals surface area contributed by atoms with E-state index >= 15 is 0 Å². The molecule has 0 heterocycles. The van der Waals surface area contributed by atoms with E-state index in [1.54, 1.807) is 0 Å². The zero-order valence-electron chi connectivity index (χ0n) is 15.3. The van der Waals surface area contributed by atoms with Crippen molar-refractivity contribution in [1.29, 1.82) is 0 Å². The lowest BCUT2D eigenvalue weighted by molar-refractivity contribution is -0.124. The first kappa shape index (κ1) is 17.7. The van der Waals surface area contributed by atoms with Crippen molar-refractivity contribution in [3.8, 4) is 0 Å². The first-order chi connectivity index (χ1) is 12.2. The van der Waals surface area contributed by atoms with Gasteiger partial charge < -0.3 is 5.32 Å². The summed E-state index contributed by atoms with van der Waals surface area (Å²) in [6.45, 7) is 4.34. The first-order valence-corrected chi connectivity index (χ1v) is 9.57. The summed E-state index contributed by atoms with van der Waals surface area (Å²) in [4.78, 5) is 13.3. The molecule has 1 fully saturated rings. The molecule has 2 nitrogen and oxygen atoms in total. The third-order valence-corrected chi connectivity index (χ3v) is 5.44.